The molecule has 3 atom stereocenters. The number of ether oxygens (including phenoxy) is 1. The molecule has 2 heteroatoms. The number of aryl methyl sites for hydroxylation is 3. The summed E-state index contributed by atoms with van der Waals surface area (Å²) in [6.07, 6.45) is 1.35. The molecule has 1 aliphatic rings. The van der Waals surface area contributed by atoms with Gasteiger partial charge in [-0.2, -0.15) is 0 Å². The third kappa shape index (κ3) is 2.38. The van der Waals surface area contributed by atoms with Crippen molar-refractivity contribution in [2.75, 3.05) is 0 Å². The van der Waals surface area contributed by atoms with Gasteiger partial charge in [-0.3, -0.25) is 0 Å². The molecule has 1 fully saturated rings. The molecule has 2 rings (SSSR count). The first-order chi connectivity index (χ1) is 8.02. The SMILES string of the molecule is CC[C@H]1O[C@@H](c2cc(C)c(C)cc2C)C[C@H]1O. The minimum Gasteiger partial charge on any atom is -0.390 e. The van der Waals surface area contributed by atoms with Gasteiger partial charge < -0.3 is 9.84 Å². The van der Waals surface area contributed by atoms with E-state index >= 15 is 0 Å². The van der Waals surface area contributed by atoms with E-state index in [0.717, 1.165) is 12.8 Å². The Balaban J connectivity index is 2.27. The number of hydrogen-bond donors (Lipinski definition) is 1. The van der Waals surface area contributed by atoms with E-state index in [2.05, 4.69) is 39.8 Å². The van der Waals surface area contributed by atoms with Gasteiger partial charge in [-0.05, 0) is 49.4 Å². The molecule has 0 aromatic heterocycles. The lowest BCUT2D eigenvalue weighted by Crippen LogP contribution is -2.18. The van der Waals surface area contributed by atoms with E-state index in [0.29, 0.717) is 0 Å². The first kappa shape index (κ1) is 12.6. The van der Waals surface area contributed by atoms with E-state index in [1.165, 1.54) is 22.3 Å². The van der Waals surface area contributed by atoms with Crippen molar-refractivity contribution in [3.05, 3.63) is 34.4 Å². The smallest absolute Gasteiger partial charge is 0.0858 e. The molecule has 2 nitrogen and oxygen atoms in total. The Morgan fingerprint density at radius 3 is 2.41 bits per heavy atom. The lowest BCUT2D eigenvalue weighted by Gasteiger charge is -2.16. The molecular formula is C15H22O2. The van der Waals surface area contributed by atoms with E-state index < -0.39 is 0 Å². The zero-order valence-electron chi connectivity index (χ0n) is 11.2. The summed E-state index contributed by atoms with van der Waals surface area (Å²) >= 11 is 0. The molecule has 1 aliphatic heterocycles. The van der Waals surface area contributed by atoms with Gasteiger partial charge >= 0.3 is 0 Å². The number of aliphatic hydroxyl groups is 1. The van der Waals surface area contributed by atoms with Crippen LogP contribution < -0.4 is 0 Å². The second-order valence-corrected chi connectivity index (χ2v) is 5.17. The maximum Gasteiger partial charge on any atom is 0.0858 e. The van der Waals surface area contributed by atoms with E-state index in [4.69, 9.17) is 4.74 Å². The van der Waals surface area contributed by atoms with E-state index in [-0.39, 0.29) is 18.3 Å². The van der Waals surface area contributed by atoms with Gasteiger partial charge in [0.2, 0.25) is 0 Å². The predicted molar refractivity (Wildman–Crippen MR) is 69.2 cm³/mol. The van der Waals surface area contributed by atoms with Gasteiger partial charge in [-0.25, -0.2) is 0 Å². The van der Waals surface area contributed by atoms with Crippen molar-refractivity contribution in [3.8, 4) is 0 Å². The number of hydrogen-bond acceptors (Lipinski definition) is 2. The highest BCUT2D eigenvalue weighted by atomic mass is 16.5. The fraction of sp³-hybridized carbons (Fsp3) is 0.600. The molecule has 0 saturated carbocycles. The molecule has 94 valence electrons. The van der Waals surface area contributed by atoms with Gasteiger partial charge in [0.25, 0.3) is 0 Å². The van der Waals surface area contributed by atoms with Crippen LogP contribution >= 0.6 is 0 Å². The van der Waals surface area contributed by atoms with Crippen LogP contribution in [0.3, 0.4) is 0 Å². The highest BCUT2D eigenvalue weighted by molar-refractivity contribution is 5.38. The second kappa shape index (κ2) is 4.79. The summed E-state index contributed by atoms with van der Waals surface area (Å²) < 4.78 is 5.93. The van der Waals surface area contributed by atoms with Crippen molar-refractivity contribution < 1.29 is 9.84 Å². The standard InChI is InChI=1S/C15H22O2/c1-5-14-13(16)8-15(17-14)12-7-10(3)9(2)6-11(12)4/h6-7,13-16H,5,8H2,1-4H3/t13-,14-,15-/m1/s1. The fourth-order valence-electron chi connectivity index (χ4n) is 2.63. The number of aliphatic hydroxyl groups excluding tert-OH is 1. The predicted octanol–water partition coefficient (Wildman–Crippen LogP) is 3.21. The molecule has 17 heavy (non-hydrogen) atoms. The van der Waals surface area contributed by atoms with Crippen LogP contribution in [0.5, 0.6) is 0 Å². The molecule has 1 N–H and O–H groups in total. The van der Waals surface area contributed by atoms with Crippen LogP contribution in [0.1, 0.15) is 48.1 Å². The van der Waals surface area contributed by atoms with Crippen molar-refractivity contribution in [1.82, 2.24) is 0 Å². The topological polar surface area (TPSA) is 29.5 Å². The van der Waals surface area contributed by atoms with Crippen LogP contribution in [0.25, 0.3) is 0 Å². The van der Waals surface area contributed by atoms with Crippen LogP contribution in [0.15, 0.2) is 12.1 Å². The largest absolute Gasteiger partial charge is 0.390 e. The molecule has 0 amide bonds. The first-order valence-electron chi connectivity index (χ1n) is 6.44. The summed E-state index contributed by atoms with van der Waals surface area (Å²) in [6, 6.07) is 4.42. The zero-order valence-corrected chi connectivity index (χ0v) is 11.2. The molecular weight excluding hydrogens is 212 g/mol. The normalized spacial score (nSPS) is 28.6. The third-order valence-corrected chi connectivity index (χ3v) is 3.86. The Kier molecular flexibility index (Phi) is 3.55. The maximum absolute atomic E-state index is 9.91. The highest BCUT2D eigenvalue weighted by Gasteiger charge is 2.34. The van der Waals surface area contributed by atoms with Gasteiger partial charge in [0.05, 0.1) is 18.3 Å². The van der Waals surface area contributed by atoms with Crippen LogP contribution in [-0.4, -0.2) is 17.3 Å². The number of rotatable bonds is 2. The van der Waals surface area contributed by atoms with Crippen LogP contribution in [0, 0.1) is 20.8 Å². The quantitative estimate of drug-likeness (QED) is 0.851. The Labute approximate surface area is 104 Å². The van der Waals surface area contributed by atoms with Crippen molar-refractivity contribution >= 4 is 0 Å². The van der Waals surface area contributed by atoms with Gasteiger partial charge in [0.15, 0.2) is 0 Å². The molecule has 1 heterocycles. The molecule has 0 unspecified atom stereocenters. The molecule has 0 bridgehead atoms. The molecule has 1 aromatic carbocycles. The minimum atomic E-state index is -0.314. The van der Waals surface area contributed by atoms with E-state index in [9.17, 15) is 5.11 Å². The molecule has 0 aliphatic carbocycles. The van der Waals surface area contributed by atoms with Gasteiger partial charge in [-0.1, -0.05) is 19.1 Å². The first-order valence-corrected chi connectivity index (χ1v) is 6.44. The summed E-state index contributed by atoms with van der Waals surface area (Å²) in [6.45, 7) is 8.44. The Hall–Kier alpha value is -0.860. The zero-order chi connectivity index (χ0) is 12.6. The lowest BCUT2D eigenvalue weighted by atomic mass is 9.95. The summed E-state index contributed by atoms with van der Waals surface area (Å²) in [5, 5.41) is 9.91. The monoisotopic (exact) mass is 234 g/mol. The average molecular weight is 234 g/mol. The Morgan fingerprint density at radius 1 is 1.18 bits per heavy atom. The molecule has 1 aromatic rings. The van der Waals surface area contributed by atoms with Crippen LogP contribution in [-0.2, 0) is 4.74 Å². The Morgan fingerprint density at radius 2 is 1.82 bits per heavy atom. The summed E-state index contributed by atoms with van der Waals surface area (Å²) in [5.74, 6) is 0. The lowest BCUT2D eigenvalue weighted by molar-refractivity contribution is 0.00757. The van der Waals surface area contributed by atoms with Gasteiger partial charge in [0, 0.05) is 6.42 Å². The maximum atomic E-state index is 9.91. The van der Waals surface area contributed by atoms with Gasteiger partial charge in [-0.15, -0.1) is 0 Å². The third-order valence-electron chi connectivity index (χ3n) is 3.86. The average Bonchev–Trinajstić information content (AvgIpc) is 2.65. The van der Waals surface area contributed by atoms with E-state index in [1.807, 2.05) is 0 Å². The summed E-state index contributed by atoms with van der Waals surface area (Å²) in [4.78, 5) is 0. The molecule has 0 spiro atoms. The minimum absolute atomic E-state index is 0.000934. The van der Waals surface area contributed by atoms with Crippen molar-refractivity contribution in [1.29, 1.82) is 0 Å². The van der Waals surface area contributed by atoms with Crippen LogP contribution in [0.2, 0.25) is 0 Å². The molecule has 1 saturated heterocycles. The van der Waals surface area contributed by atoms with Crippen molar-refractivity contribution in [2.24, 2.45) is 0 Å². The fourth-order valence-corrected chi connectivity index (χ4v) is 2.63. The van der Waals surface area contributed by atoms with Crippen molar-refractivity contribution in [2.45, 2.75) is 58.8 Å². The number of benzene rings is 1. The highest BCUT2D eigenvalue weighted by Crippen LogP contribution is 2.36. The van der Waals surface area contributed by atoms with Crippen LogP contribution in [0.4, 0.5) is 0 Å². The Bertz CT molecular complexity index is 412. The van der Waals surface area contributed by atoms with E-state index in [1.54, 1.807) is 0 Å². The van der Waals surface area contributed by atoms with Crippen molar-refractivity contribution in [3.63, 3.8) is 0 Å². The summed E-state index contributed by atoms with van der Waals surface area (Å²) in [7, 11) is 0. The summed E-state index contributed by atoms with van der Waals surface area (Å²) in [5.41, 5.74) is 5.12. The van der Waals surface area contributed by atoms with Gasteiger partial charge in [0.1, 0.15) is 0 Å². The second-order valence-electron chi connectivity index (χ2n) is 5.17. The molecule has 0 radical (unpaired) electrons.